The summed E-state index contributed by atoms with van der Waals surface area (Å²) in [6, 6.07) is 8.19. The van der Waals surface area contributed by atoms with Gasteiger partial charge in [-0.15, -0.1) is 21.5 Å². The number of thiazole rings is 1. The second kappa shape index (κ2) is 11.3. The average Bonchev–Trinajstić information content (AvgIpc) is 3.32. The number of carbonyl (C=O) groups excluding carboxylic acids is 1. The lowest BCUT2D eigenvalue weighted by atomic mass is 10.1. The van der Waals surface area contributed by atoms with E-state index in [4.69, 9.17) is 0 Å². The van der Waals surface area contributed by atoms with Gasteiger partial charge >= 0.3 is 0 Å². The van der Waals surface area contributed by atoms with Crippen molar-refractivity contribution in [1.29, 1.82) is 0 Å². The van der Waals surface area contributed by atoms with E-state index in [1.807, 2.05) is 23.1 Å². The molecule has 31 heavy (non-hydrogen) atoms. The van der Waals surface area contributed by atoms with Gasteiger partial charge in [-0.2, -0.15) is 0 Å². The number of benzene rings is 1. The molecule has 0 aliphatic heterocycles. The zero-order valence-corrected chi connectivity index (χ0v) is 21.3. The van der Waals surface area contributed by atoms with Crippen LogP contribution in [0.25, 0.3) is 10.2 Å². The van der Waals surface area contributed by atoms with Crippen LogP contribution >= 0.6 is 34.9 Å². The Morgan fingerprint density at radius 1 is 1.10 bits per heavy atom. The quantitative estimate of drug-likeness (QED) is 0.343. The molecule has 2 heterocycles. The molecule has 0 radical (unpaired) electrons. The van der Waals surface area contributed by atoms with Crippen LogP contribution in [0.2, 0.25) is 0 Å². The summed E-state index contributed by atoms with van der Waals surface area (Å²) >= 11 is 4.87. The maximum Gasteiger partial charge on any atom is 0.233 e. The SMILES string of the molecule is CCn1c(CSc2nc3ccccc3s2)nnc1SCC(=O)N(CC(C)C)CC(C)C. The highest BCUT2D eigenvalue weighted by atomic mass is 32.2. The van der Waals surface area contributed by atoms with E-state index in [1.165, 1.54) is 16.5 Å². The maximum atomic E-state index is 12.8. The maximum absolute atomic E-state index is 12.8. The van der Waals surface area contributed by atoms with Crippen molar-refractivity contribution in [3.8, 4) is 0 Å². The predicted octanol–water partition coefficient (Wildman–Crippen LogP) is 5.43. The minimum absolute atomic E-state index is 0.170. The van der Waals surface area contributed by atoms with E-state index < -0.39 is 0 Å². The average molecular weight is 478 g/mol. The molecule has 6 nitrogen and oxygen atoms in total. The first-order valence-electron chi connectivity index (χ1n) is 10.7. The topological polar surface area (TPSA) is 63.9 Å². The van der Waals surface area contributed by atoms with Gasteiger partial charge in [0, 0.05) is 19.6 Å². The van der Waals surface area contributed by atoms with Crippen molar-refractivity contribution in [1.82, 2.24) is 24.6 Å². The van der Waals surface area contributed by atoms with E-state index in [1.54, 1.807) is 23.1 Å². The summed E-state index contributed by atoms with van der Waals surface area (Å²) in [5.74, 6) is 3.10. The third-order valence-corrected chi connectivity index (χ3v) is 7.68. The molecule has 3 aromatic rings. The van der Waals surface area contributed by atoms with E-state index in [0.717, 1.165) is 40.5 Å². The zero-order valence-electron chi connectivity index (χ0n) is 18.9. The Morgan fingerprint density at radius 3 is 2.45 bits per heavy atom. The molecule has 0 spiro atoms. The molecule has 0 aliphatic carbocycles. The normalized spacial score (nSPS) is 11.7. The number of fused-ring (bicyclic) bond motifs is 1. The molecule has 168 valence electrons. The van der Waals surface area contributed by atoms with E-state index >= 15 is 0 Å². The van der Waals surface area contributed by atoms with Crippen LogP contribution in [0, 0.1) is 11.8 Å². The van der Waals surface area contributed by atoms with Crippen LogP contribution in [-0.4, -0.2) is 49.4 Å². The van der Waals surface area contributed by atoms with E-state index in [2.05, 4.69) is 60.4 Å². The Kier molecular flexibility index (Phi) is 8.80. The Balaban J connectivity index is 1.61. The fraction of sp³-hybridized carbons (Fsp3) is 0.545. The third kappa shape index (κ3) is 6.70. The van der Waals surface area contributed by atoms with Crippen LogP contribution in [-0.2, 0) is 17.1 Å². The van der Waals surface area contributed by atoms with E-state index in [9.17, 15) is 4.79 Å². The first-order valence-corrected chi connectivity index (χ1v) is 13.5. The molecule has 0 unspecified atom stereocenters. The molecule has 1 amide bonds. The highest BCUT2D eigenvalue weighted by Crippen LogP contribution is 2.31. The zero-order chi connectivity index (χ0) is 22.4. The van der Waals surface area contributed by atoms with Gasteiger partial charge in [-0.05, 0) is 30.9 Å². The first kappa shape index (κ1) is 24.1. The number of amides is 1. The van der Waals surface area contributed by atoms with Gasteiger partial charge < -0.3 is 9.47 Å². The number of carbonyl (C=O) groups is 1. The molecular formula is C22H31N5OS3. The standard InChI is InChI=1S/C22H31N5OS3/c1-6-27-19(13-30-22-23-17-9-7-8-10-18(17)31-22)24-25-21(27)29-14-20(28)26(11-15(2)3)12-16(4)5/h7-10,15-16H,6,11-14H2,1-5H3. The van der Waals surface area contributed by atoms with Gasteiger partial charge in [-0.3, -0.25) is 4.79 Å². The molecule has 0 fully saturated rings. The number of nitrogens with zero attached hydrogens (tertiary/aromatic N) is 5. The van der Waals surface area contributed by atoms with Crippen LogP contribution in [0.3, 0.4) is 0 Å². The van der Waals surface area contributed by atoms with Crippen LogP contribution in [0.15, 0.2) is 33.8 Å². The Bertz CT molecular complexity index is 955. The molecule has 0 aliphatic rings. The Labute approximate surface area is 197 Å². The van der Waals surface area contributed by atoms with Crippen molar-refractivity contribution in [2.45, 2.75) is 56.4 Å². The smallest absolute Gasteiger partial charge is 0.233 e. The Hall–Kier alpha value is -1.58. The second-order valence-electron chi connectivity index (χ2n) is 8.25. The molecule has 1 aromatic carbocycles. The van der Waals surface area contributed by atoms with E-state index in [0.29, 0.717) is 23.3 Å². The minimum Gasteiger partial charge on any atom is -0.341 e. The van der Waals surface area contributed by atoms with Crippen molar-refractivity contribution < 1.29 is 4.79 Å². The van der Waals surface area contributed by atoms with Crippen LogP contribution in [0.1, 0.15) is 40.4 Å². The fourth-order valence-corrected chi connectivity index (χ4v) is 6.20. The van der Waals surface area contributed by atoms with E-state index in [-0.39, 0.29) is 5.91 Å². The summed E-state index contributed by atoms with van der Waals surface area (Å²) in [7, 11) is 0. The van der Waals surface area contributed by atoms with Gasteiger partial charge in [0.2, 0.25) is 5.91 Å². The molecule has 0 N–H and O–H groups in total. The number of aromatic nitrogens is 4. The van der Waals surface area contributed by atoms with Gasteiger partial charge in [0.05, 0.1) is 21.7 Å². The minimum atomic E-state index is 0.170. The predicted molar refractivity (Wildman–Crippen MR) is 132 cm³/mol. The van der Waals surface area contributed by atoms with Crippen molar-refractivity contribution in [2.24, 2.45) is 11.8 Å². The van der Waals surface area contributed by atoms with Crippen LogP contribution < -0.4 is 0 Å². The van der Waals surface area contributed by atoms with Gasteiger partial charge in [-0.1, -0.05) is 63.4 Å². The highest BCUT2D eigenvalue weighted by Gasteiger charge is 2.19. The highest BCUT2D eigenvalue weighted by molar-refractivity contribution is 8.00. The lowest BCUT2D eigenvalue weighted by molar-refractivity contribution is -0.129. The Morgan fingerprint density at radius 2 is 1.81 bits per heavy atom. The number of hydrogen-bond acceptors (Lipinski definition) is 7. The summed E-state index contributed by atoms with van der Waals surface area (Å²) in [5.41, 5.74) is 1.04. The summed E-state index contributed by atoms with van der Waals surface area (Å²) in [5, 5.41) is 9.58. The summed E-state index contributed by atoms with van der Waals surface area (Å²) in [6.45, 7) is 13.1. The van der Waals surface area contributed by atoms with Gasteiger partial charge in [0.15, 0.2) is 9.50 Å². The number of para-hydroxylation sites is 1. The molecule has 2 aromatic heterocycles. The molecule has 0 bridgehead atoms. The molecule has 0 atom stereocenters. The second-order valence-corrected chi connectivity index (χ2v) is 11.4. The lowest BCUT2D eigenvalue weighted by Crippen LogP contribution is -2.38. The molecule has 0 saturated heterocycles. The lowest BCUT2D eigenvalue weighted by Gasteiger charge is -2.26. The van der Waals surface area contributed by atoms with Crippen molar-refractivity contribution >= 4 is 51.0 Å². The summed E-state index contributed by atoms with van der Waals surface area (Å²) in [6.07, 6.45) is 0. The van der Waals surface area contributed by atoms with Crippen molar-refractivity contribution in [3.63, 3.8) is 0 Å². The number of rotatable bonds is 11. The van der Waals surface area contributed by atoms with Gasteiger partial charge in [0.1, 0.15) is 5.82 Å². The summed E-state index contributed by atoms with van der Waals surface area (Å²) < 4.78 is 4.34. The van der Waals surface area contributed by atoms with Crippen LogP contribution in [0.4, 0.5) is 0 Å². The van der Waals surface area contributed by atoms with Gasteiger partial charge in [-0.25, -0.2) is 4.98 Å². The van der Waals surface area contributed by atoms with Gasteiger partial charge in [0.25, 0.3) is 0 Å². The molecule has 9 heteroatoms. The number of hydrogen-bond donors (Lipinski definition) is 0. The summed E-state index contributed by atoms with van der Waals surface area (Å²) in [4.78, 5) is 19.5. The van der Waals surface area contributed by atoms with Crippen LogP contribution in [0.5, 0.6) is 0 Å². The molecular weight excluding hydrogens is 446 g/mol. The monoisotopic (exact) mass is 477 g/mol. The molecule has 0 saturated carbocycles. The number of thioether (sulfide) groups is 2. The fourth-order valence-electron chi connectivity index (χ4n) is 3.27. The molecule has 3 rings (SSSR count). The first-order chi connectivity index (χ1) is 14.9. The largest absolute Gasteiger partial charge is 0.341 e. The van der Waals surface area contributed by atoms with Crippen molar-refractivity contribution in [3.05, 3.63) is 30.1 Å². The third-order valence-electron chi connectivity index (χ3n) is 4.56. The van der Waals surface area contributed by atoms with Crippen molar-refractivity contribution in [2.75, 3.05) is 18.8 Å².